The molecule has 1 aromatic rings. The van der Waals surface area contributed by atoms with Gasteiger partial charge in [-0.1, -0.05) is 6.42 Å². The van der Waals surface area contributed by atoms with E-state index in [2.05, 4.69) is 4.98 Å². The fraction of sp³-hybridized carbons (Fsp3) is 0.786. The SMILES string of the molecule is NC1(c2nc3c(s2)CCCC3)CCCC(C(F)(F)F)C1. The lowest BCUT2D eigenvalue weighted by molar-refractivity contribution is -0.187. The van der Waals surface area contributed by atoms with Crippen LogP contribution in [0.5, 0.6) is 0 Å². The number of nitrogens with two attached hydrogens (primary N) is 1. The van der Waals surface area contributed by atoms with Crippen LogP contribution in [0.4, 0.5) is 13.2 Å². The summed E-state index contributed by atoms with van der Waals surface area (Å²) < 4.78 is 38.9. The Balaban J connectivity index is 1.86. The Morgan fingerprint density at radius 1 is 1.20 bits per heavy atom. The van der Waals surface area contributed by atoms with Crippen LogP contribution in [0.2, 0.25) is 0 Å². The van der Waals surface area contributed by atoms with E-state index in [4.69, 9.17) is 5.73 Å². The van der Waals surface area contributed by atoms with E-state index in [0.717, 1.165) is 36.4 Å². The van der Waals surface area contributed by atoms with E-state index in [9.17, 15) is 13.2 Å². The zero-order valence-corrected chi connectivity index (χ0v) is 12.1. The van der Waals surface area contributed by atoms with Gasteiger partial charge in [0.05, 0.1) is 17.2 Å². The largest absolute Gasteiger partial charge is 0.391 e. The number of thiazole rings is 1. The lowest BCUT2D eigenvalue weighted by atomic mass is 9.76. The fourth-order valence-corrected chi connectivity index (χ4v) is 4.64. The molecule has 0 amide bonds. The van der Waals surface area contributed by atoms with Crippen LogP contribution in [0.25, 0.3) is 0 Å². The predicted molar refractivity (Wildman–Crippen MR) is 72.6 cm³/mol. The molecule has 2 nitrogen and oxygen atoms in total. The summed E-state index contributed by atoms with van der Waals surface area (Å²) in [5, 5.41) is 0.735. The van der Waals surface area contributed by atoms with Crippen LogP contribution < -0.4 is 5.73 Å². The van der Waals surface area contributed by atoms with Gasteiger partial charge in [-0.2, -0.15) is 13.2 Å². The zero-order valence-electron chi connectivity index (χ0n) is 11.3. The molecule has 1 aromatic heterocycles. The minimum Gasteiger partial charge on any atom is -0.319 e. The van der Waals surface area contributed by atoms with Gasteiger partial charge in [0.15, 0.2) is 0 Å². The number of halogens is 3. The summed E-state index contributed by atoms with van der Waals surface area (Å²) >= 11 is 1.55. The Kier molecular flexibility index (Phi) is 3.57. The van der Waals surface area contributed by atoms with E-state index in [0.29, 0.717) is 12.8 Å². The minimum atomic E-state index is -4.14. The van der Waals surface area contributed by atoms with Crippen LogP contribution in [-0.2, 0) is 18.4 Å². The quantitative estimate of drug-likeness (QED) is 0.854. The van der Waals surface area contributed by atoms with Crippen molar-refractivity contribution < 1.29 is 13.2 Å². The lowest BCUT2D eigenvalue weighted by Crippen LogP contribution is -2.44. The number of hydrogen-bond acceptors (Lipinski definition) is 3. The molecule has 1 fully saturated rings. The van der Waals surface area contributed by atoms with Gasteiger partial charge in [0.1, 0.15) is 5.01 Å². The molecule has 0 bridgehead atoms. The standard InChI is InChI=1S/C14H19F3N2S/c15-14(16,17)9-4-3-7-13(18,8-9)12-19-10-5-1-2-6-11(10)20-12/h9H,1-8,18H2. The second-order valence-electron chi connectivity index (χ2n) is 6.09. The second-order valence-corrected chi connectivity index (χ2v) is 7.17. The molecule has 20 heavy (non-hydrogen) atoms. The summed E-state index contributed by atoms with van der Waals surface area (Å²) in [4.78, 5) is 5.83. The topological polar surface area (TPSA) is 38.9 Å². The number of alkyl halides is 3. The van der Waals surface area contributed by atoms with Gasteiger partial charge in [0, 0.05) is 4.88 Å². The van der Waals surface area contributed by atoms with Crippen molar-refractivity contribution in [3.05, 3.63) is 15.6 Å². The van der Waals surface area contributed by atoms with Crippen LogP contribution in [0, 0.1) is 5.92 Å². The first-order valence-electron chi connectivity index (χ1n) is 7.23. The van der Waals surface area contributed by atoms with E-state index < -0.39 is 17.6 Å². The maximum Gasteiger partial charge on any atom is 0.391 e. The summed E-state index contributed by atoms with van der Waals surface area (Å²) in [6.07, 6.45) is 1.43. The molecule has 1 heterocycles. The Hall–Kier alpha value is -0.620. The highest BCUT2D eigenvalue weighted by Gasteiger charge is 2.48. The third kappa shape index (κ3) is 2.60. The van der Waals surface area contributed by atoms with E-state index >= 15 is 0 Å². The van der Waals surface area contributed by atoms with E-state index in [1.54, 1.807) is 11.3 Å². The highest BCUT2D eigenvalue weighted by Crippen LogP contribution is 2.46. The number of rotatable bonds is 1. The number of nitrogens with zero attached hydrogens (tertiary/aromatic N) is 1. The molecule has 2 unspecified atom stereocenters. The molecule has 0 saturated heterocycles. The maximum absolute atomic E-state index is 13.0. The Labute approximate surface area is 120 Å². The molecule has 2 N–H and O–H groups in total. The summed E-state index contributed by atoms with van der Waals surface area (Å²) in [6.45, 7) is 0. The van der Waals surface area contributed by atoms with Gasteiger partial charge in [-0.05, 0) is 44.9 Å². The zero-order chi connectivity index (χ0) is 14.4. The van der Waals surface area contributed by atoms with Gasteiger partial charge in [-0.25, -0.2) is 4.98 Å². The predicted octanol–water partition coefficient (Wildman–Crippen LogP) is 3.93. The normalized spacial score (nSPS) is 31.1. The molecule has 2 aliphatic carbocycles. The van der Waals surface area contributed by atoms with Gasteiger partial charge in [0.2, 0.25) is 0 Å². The van der Waals surface area contributed by atoms with Crippen LogP contribution in [0.1, 0.15) is 54.1 Å². The lowest BCUT2D eigenvalue weighted by Gasteiger charge is -2.37. The number of hydrogen-bond donors (Lipinski definition) is 1. The molecular weight excluding hydrogens is 285 g/mol. The maximum atomic E-state index is 13.0. The molecular formula is C14H19F3N2S. The smallest absolute Gasteiger partial charge is 0.319 e. The van der Waals surface area contributed by atoms with E-state index in [1.807, 2.05) is 0 Å². The van der Waals surface area contributed by atoms with Crippen molar-refractivity contribution in [3.8, 4) is 0 Å². The van der Waals surface area contributed by atoms with Gasteiger partial charge >= 0.3 is 6.18 Å². The first-order valence-corrected chi connectivity index (χ1v) is 8.05. The number of aryl methyl sites for hydroxylation is 2. The first-order chi connectivity index (χ1) is 9.38. The molecule has 0 aliphatic heterocycles. The molecule has 3 rings (SSSR count). The Morgan fingerprint density at radius 2 is 1.95 bits per heavy atom. The fourth-order valence-electron chi connectivity index (χ4n) is 3.35. The van der Waals surface area contributed by atoms with Gasteiger partial charge in [0.25, 0.3) is 0 Å². The van der Waals surface area contributed by atoms with Crippen molar-refractivity contribution in [3.63, 3.8) is 0 Å². The average Bonchev–Trinajstić information content (AvgIpc) is 2.82. The summed E-state index contributed by atoms with van der Waals surface area (Å²) in [6, 6.07) is 0. The second kappa shape index (κ2) is 4.98. The summed E-state index contributed by atoms with van der Waals surface area (Å²) in [5.41, 5.74) is 6.53. The van der Waals surface area contributed by atoms with Gasteiger partial charge < -0.3 is 5.73 Å². The van der Waals surface area contributed by atoms with E-state index in [-0.39, 0.29) is 12.8 Å². The molecule has 2 atom stereocenters. The van der Waals surface area contributed by atoms with Crippen molar-refractivity contribution >= 4 is 11.3 Å². The van der Waals surface area contributed by atoms with Crippen LogP contribution in [0.15, 0.2) is 0 Å². The molecule has 112 valence electrons. The molecule has 2 aliphatic rings. The van der Waals surface area contributed by atoms with E-state index in [1.165, 1.54) is 4.88 Å². The van der Waals surface area contributed by atoms with Crippen LogP contribution in [-0.4, -0.2) is 11.2 Å². The van der Waals surface area contributed by atoms with Crippen LogP contribution >= 0.6 is 11.3 Å². The van der Waals surface area contributed by atoms with Gasteiger partial charge in [-0.3, -0.25) is 0 Å². The molecule has 0 radical (unpaired) electrons. The van der Waals surface area contributed by atoms with Gasteiger partial charge in [-0.15, -0.1) is 11.3 Å². The minimum absolute atomic E-state index is 0.0110. The average molecular weight is 304 g/mol. The van der Waals surface area contributed by atoms with Crippen molar-refractivity contribution in [2.75, 3.05) is 0 Å². The first kappa shape index (κ1) is 14.3. The molecule has 0 spiro atoms. The third-order valence-electron chi connectivity index (χ3n) is 4.52. The Morgan fingerprint density at radius 3 is 2.65 bits per heavy atom. The van der Waals surface area contributed by atoms with Crippen molar-refractivity contribution in [1.82, 2.24) is 4.98 Å². The van der Waals surface area contributed by atoms with Crippen molar-refractivity contribution in [2.45, 2.75) is 63.1 Å². The Bertz CT molecular complexity index is 474. The highest BCUT2D eigenvalue weighted by atomic mass is 32.1. The van der Waals surface area contributed by atoms with Crippen molar-refractivity contribution in [2.24, 2.45) is 11.7 Å². The molecule has 1 saturated carbocycles. The highest BCUT2D eigenvalue weighted by molar-refractivity contribution is 7.11. The summed E-state index contributed by atoms with van der Waals surface area (Å²) in [5.74, 6) is -1.28. The van der Waals surface area contributed by atoms with Crippen molar-refractivity contribution in [1.29, 1.82) is 0 Å². The third-order valence-corrected chi connectivity index (χ3v) is 5.90. The summed E-state index contributed by atoms with van der Waals surface area (Å²) in [7, 11) is 0. The number of aromatic nitrogens is 1. The molecule has 0 aromatic carbocycles. The monoisotopic (exact) mass is 304 g/mol. The number of fused-ring (bicyclic) bond motifs is 1. The molecule has 6 heteroatoms. The van der Waals surface area contributed by atoms with Crippen LogP contribution in [0.3, 0.4) is 0 Å².